The summed E-state index contributed by atoms with van der Waals surface area (Å²) in [6, 6.07) is 9.06. The lowest BCUT2D eigenvalue weighted by Crippen LogP contribution is -2.46. The van der Waals surface area contributed by atoms with Gasteiger partial charge in [-0.25, -0.2) is 14.2 Å². The second kappa shape index (κ2) is 11.4. The Balaban J connectivity index is 1.31. The number of carbonyl (C=O) groups is 2. The fourth-order valence-corrected chi connectivity index (χ4v) is 4.72. The van der Waals surface area contributed by atoms with Crippen LogP contribution in [0.4, 0.5) is 9.18 Å². The van der Waals surface area contributed by atoms with Gasteiger partial charge in [0.15, 0.2) is 0 Å². The third kappa shape index (κ3) is 5.91. The molecule has 2 saturated heterocycles. The Morgan fingerprint density at radius 3 is 2.58 bits per heavy atom. The summed E-state index contributed by atoms with van der Waals surface area (Å²) in [5.74, 6) is -0.0476. The first-order valence-corrected chi connectivity index (χ1v) is 12.2. The molecule has 3 N–H and O–H groups in total. The second-order valence-corrected chi connectivity index (χ2v) is 9.34. The molecule has 2 amide bonds. The number of rotatable bonds is 7. The summed E-state index contributed by atoms with van der Waals surface area (Å²) in [7, 11) is 0. The maximum Gasteiger partial charge on any atom is 0.407 e. The minimum Gasteiger partial charge on any atom is -0.477 e. The Hall–Kier alpha value is -3.71. The van der Waals surface area contributed by atoms with E-state index in [2.05, 4.69) is 11.1 Å². The van der Waals surface area contributed by atoms with E-state index in [1.54, 1.807) is 30.5 Å². The quantitative estimate of drug-likeness (QED) is 0.603. The molecule has 0 radical (unpaired) electrons. The molecule has 4 rings (SSSR count). The summed E-state index contributed by atoms with van der Waals surface area (Å²) in [6.07, 6.45) is 3.69. The number of nitriles is 1. The Bertz CT molecular complexity index is 1130. The zero-order chi connectivity index (χ0) is 25.7. The van der Waals surface area contributed by atoms with Crippen molar-refractivity contribution in [3.05, 3.63) is 47.9 Å². The van der Waals surface area contributed by atoms with Crippen LogP contribution in [0, 0.1) is 23.1 Å². The normalized spacial score (nSPS) is 19.1. The number of likely N-dealkylation sites (tertiary alicyclic amines) is 2. The van der Waals surface area contributed by atoms with Crippen molar-refractivity contribution in [2.24, 2.45) is 11.7 Å². The fraction of sp³-hybridized carbons (Fsp3) is 0.462. The van der Waals surface area contributed by atoms with Crippen LogP contribution in [0.15, 0.2) is 36.5 Å². The van der Waals surface area contributed by atoms with Gasteiger partial charge in [0.25, 0.3) is 0 Å². The highest BCUT2D eigenvalue weighted by Gasteiger charge is 2.32. The summed E-state index contributed by atoms with van der Waals surface area (Å²) >= 11 is 0. The Morgan fingerprint density at radius 2 is 1.94 bits per heavy atom. The van der Waals surface area contributed by atoms with Crippen LogP contribution < -0.4 is 10.5 Å². The molecule has 1 aromatic carbocycles. The van der Waals surface area contributed by atoms with E-state index >= 15 is 0 Å². The van der Waals surface area contributed by atoms with Gasteiger partial charge in [0.05, 0.1) is 18.7 Å². The highest BCUT2D eigenvalue weighted by Crippen LogP contribution is 2.25. The maximum absolute atomic E-state index is 14.8. The highest BCUT2D eigenvalue weighted by molar-refractivity contribution is 5.83. The zero-order valence-electron chi connectivity index (χ0n) is 20.0. The average Bonchev–Trinajstić information content (AvgIpc) is 3.37. The topological polar surface area (TPSA) is 133 Å². The first-order valence-electron chi connectivity index (χ1n) is 12.2. The van der Waals surface area contributed by atoms with E-state index in [1.807, 2.05) is 0 Å². The molecule has 2 aromatic rings. The molecule has 36 heavy (non-hydrogen) atoms. The standard InChI is InChI=1S/C26H30FN5O4/c27-22-12-18(3-4-19(22)13-23(29)25(33)32-9-1-2-21(32)14-28)20-5-6-24(30-15-20)36-16-17-7-10-31(11-8-17)26(34)35/h3-6,12,15,17,21,23H,1-2,7-11,13,16,29H2,(H,34,35)/t21-,23-/m0/s1. The molecule has 9 nitrogen and oxygen atoms in total. The van der Waals surface area contributed by atoms with Crippen molar-refractivity contribution >= 4 is 12.0 Å². The first kappa shape index (κ1) is 25.4. The van der Waals surface area contributed by atoms with Gasteiger partial charge < -0.3 is 25.4 Å². The van der Waals surface area contributed by atoms with E-state index < -0.39 is 24.0 Å². The van der Waals surface area contributed by atoms with E-state index in [0.29, 0.717) is 49.7 Å². The van der Waals surface area contributed by atoms with Crippen LogP contribution in [0.5, 0.6) is 5.88 Å². The molecular formula is C26H30FN5O4. The minimum absolute atomic E-state index is 0.0516. The van der Waals surface area contributed by atoms with E-state index in [0.717, 1.165) is 24.8 Å². The lowest BCUT2D eigenvalue weighted by molar-refractivity contribution is -0.132. The molecule has 1 aromatic heterocycles. The van der Waals surface area contributed by atoms with Gasteiger partial charge in [-0.05, 0) is 61.3 Å². The molecule has 10 heteroatoms. The molecule has 0 saturated carbocycles. The van der Waals surface area contributed by atoms with Crippen molar-refractivity contribution < 1.29 is 23.8 Å². The number of amides is 2. The van der Waals surface area contributed by atoms with Gasteiger partial charge in [0, 0.05) is 37.5 Å². The van der Waals surface area contributed by atoms with Crippen LogP contribution in [-0.2, 0) is 11.2 Å². The number of hydrogen-bond donors (Lipinski definition) is 2. The lowest BCUT2D eigenvalue weighted by atomic mass is 9.98. The number of hydrogen-bond acceptors (Lipinski definition) is 6. The number of carbonyl (C=O) groups excluding carboxylic acids is 1. The van der Waals surface area contributed by atoms with Crippen molar-refractivity contribution in [2.75, 3.05) is 26.2 Å². The first-order chi connectivity index (χ1) is 17.4. The zero-order valence-corrected chi connectivity index (χ0v) is 20.0. The molecule has 2 aliphatic heterocycles. The summed E-state index contributed by atoms with van der Waals surface area (Å²) in [4.78, 5) is 30.9. The van der Waals surface area contributed by atoms with Gasteiger partial charge in [-0.3, -0.25) is 4.79 Å². The number of benzene rings is 1. The van der Waals surface area contributed by atoms with Crippen molar-refractivity contribution in [1.82, 2.24) is 14.8 Å². The van der Waals surface area contributed by atoms with Crippen LogP contribution in [0.2, 0.25) is 0 Å². The Morgan fingerprint density at radius 1 is 1.19 bits per heavy atom. The third-order valence-electron chi connectivity index (χ3n) is 6.92. The van der Waals surface area contributed by atoms with Crippen molar-refractivity contribution in [1.29, 1.82) is 5.26 Å². The Kier molecular flexibility index (Phi) is 8.00. The summed E-state index contributed by atoms with van der Waals surface area (Å²) in [5.41, 5.74) is 7.76. The van der Waals surface area contributed by atoms with Crippen LogP contribution in [-0.4, -0.2) is 70.2 Å². The number of pyridine rings is 1. The molecule has 2 fully saturated rings. The van der Waals surface area contributed by atoms with Crippen LogP contribution >= 0.6 is 0 Å². The molecule has 0 unspecified atom stereocenters. The van der Waals surface area contributed by atoms with E-state index in [-0.39, 0.29) is 18.2 Å². The van der Waals surface area contributed by atoms with Gasteiger partial charge in [0.1, 0.15) is 11.9 Å². The fourth-order valence-electron chi connectivity index (χ4n) is 4.72. The lowest BCUT2D eigenvalue weighted by Gasteiger charge is -2.29. The second-order valence-electron chi connectivity index (χ2n) is 9.34. The van der Waals surface area contributed by atoms with Gasteiger partial charge in [-0.15, -0.1) is 0 Å². The number of halogens is 1. The monoisotopic (exact) mass is 495 g/mol. The summed E-state index contributed by atoms with van der Waals surface area (Å²) < 4.78 is 20.6. The Labute approximate surface area is 209 Å². The largest absolute Gasteiger partial charge is 0.477 e. The average molecular weight is 496 g/mol. The van der Waals surface area contributed by atoms with Crippen LogP contribution in [0.3, 0.4) is 0 Å². The molecule has 2 aliphatic rings. The number of aromatic nitrogens is 1. The molecular weight excluding hydrogens is 465 g/mol. The smallest absolute Gasteiger partial charge is 0.407 e. The number of ether oxygens (including phenoxy) is 1. The van der Waals surface area contributed by atoms with Crippen molar-refractivity contribution in [2.45, 2.75) is 44.2 Å². The molecule has 0 spiro atoms. The molecule has 2 atom stereocenters. The molecule has 0 bridgehead atoms. The van der Waals surface area contributed by atoms with Gasteiger partial charge in [-0.1, -0.05) is 12.1 Å². The van der Waals surface area contributed by atoms with Crippen LogP contribution in [0.1, 0.15) is 31.2 Å². The van der Waals surface area contributed by atoms with Gasteiger partial charge >= 0.3 is 6.09 Å². The number of piperidine rings is 1. The number of carboxylic acid groups (broad SMARTS) is 1. The third-order valence-corrected chi connectivity index (χ3v) is 6.92. The number of nitrogens with zero attached hydrogens (tertiary/aromatic N) is 4. The van der Waals surface area contributed by atoms with E-state index in [9.17, 15) is 19.2 Å². The maximum atomic E-state index is 14.8. The molecule has 190 valence electrons. The molecule has 3 heterocycles. The predicted molar refractivity (Wildman–Crippen MR) is 129 cm³/mol. The molecule has 0 aliphatic carbocycles. The van der Waals surface area contributed by atoms with Gasteiger partial charge in [-0.2, -0.15) is 5.26 Å². The van der Waals surface area contributed by atoms with Gasteiger partial charge in [0.2, 0.25) is 11.8 Å². The van der Waals surface area contributed by atoms with E-state index in [1.165, 1.54) is 15.9 Å². The van der Waals surface area contributed by atoms with E-state index in [4.69, 9.17) is 15.6 Å². The van der Waals surface area contributed by atoms with Crippen molar-refractivity contribution in [3.8, 4) is 23.1 Å². The van der Waals surface area contributed by atoms with Crippen molar-refractivity contribution in [3.63, 3.8) is 0 Å². The predicted octanol–water partition coefficient (Wildman–Crippen LogP) is 3.04. The number of nitrogens with two attached hydrogens (primary N) is 1. The highest BCUT2D eigenvalue weighted by atomic mass is 19.1. The summed E-state index contributed by atoms with van der Waals surface area (Å²) in [6.45, 7) is 1.99. The summed E-state index contributed by atoms with van der Waals surface area (Å²) in [5, 5.41) is 18.2. The minimum atomic E-state index is -0.909. The SMILES string of the molecule is N#C[C@@H]1CCCN1C(=O)[C@@H](N)Cc1ccc(-c2ccc(OCC3CCN(C(=O)O)CC3)nc2)cc1F. The van der Waals surface area contributed by atoms with Crippen LogP contribution in [0.25, 0.3) is 11.1 Å².